The van der Waals surface area contributed by atoms with Gasteiger partial charge in [0.25, 0.3) is 0 Å². The highest BCUT2D eigenvalue weighted by Gasteiger charge is 1.99. The number of hydrogen-bond donors (Lipinski definition) is 0. The van der Waals surface area contributed by atoms with E-state index in [0.717, 1.165) is 0 Å². The van der Waals surface area contributed by atoms with Gasteiger partial charge in [-0.05, 0) is 49.4 Å². The second kappa shape index (κ2) is 3.75. The zero-order chi connectivity index (χ0) is 9.14. The van der Waals surface area contributed by atoms with Crippen LogP contribution in [0.2, 0.25) is 0 Å². The summed E-state index contributed by atoms with van der Waals surface area (Å²) in [4.78, 5) is 0. The minimum absolute atomic E-state index is 1.22. The second-order valence-electron chi connectivity index (χ2n) is 3.61. The van der Waals surface area contributed by atoms with E-state index < -0.39 is 0 Å². The van der Waals surface area contributed by atoms with Crippen molar-refractivity contribution in [3.63, 3.8) is 0 Å². The van der Waals surface area contributed by atoms with Crippen LogP contribution in [0.4, 0.5) is 0 Å². The molecule has 0 unspecified atom stereocenters. The van der Waals surface area contributed by atoms with E-state index in [1.807, 2.05) is 0 Å². The van der Waals surface area contributed by atoms with Gasteiger partial charge in [-0.2, -0.15) is 0 Å². The summed E-state index contributed by atoms with van der Waals surface area (Å²) in [5.74, 6) is 0. The van der Waals surface area contributed by atoms with Gasteiger partial charge < -0.3 is 0 Å². The summed E-state index contributed by atoms with van der Waals surface area (Å²) in [7, 11) is 0. The number of hydrogen-bond acceptors (Lipinski definition) is 0. The molecular formula is C12H18. The standard InChI is InChI=1S/C12H18/c1-5-6-12-8-10(3)9(2)7-11(12)4/h7-8H,5-6H2,1-4H3. The van der Waals surface area contributed by atoms with Crippen LogP contribution in [0.1, 0.15) is 35.6 Å². The van der Waals surface area contributed by atoms with Crippen LogP contribution < -0.4 is 0 Å². The molecule has 0 amide bonds. The van der Waals surface area contributed by atoms with E-state index in [0.29, 0.717) is 0 Å². The normalized spacial score (nSPS) is 10.3. The lowest BCUT2D eigenvalue weighted by Crippen LogP contribution is -1.92. The third-order valence-corrected chi connectivity index (χ3v) is 2.47. The summed E-state index contributed by atoms with van der Waals surface area (Å²) in [5, 5.41) is 0. The van der Waals surface area contributed by atoms with Crippen molar-refractivity contribution in [2.45, 2.75) is 40.5 Å². The van der Waals surface area contributed by atoms with Gasteiger partial charge in [-0.1, -0.05) is 25.5 Å². The molecule has 0 radical (unpaired) electrons. The van der Waals surface area contributed by atoms with Gasteiger partial charge in [0, 0.05) is 0 Å². The average molecular weight is 162 g/mol. The third kappa shape index (κ3) is 1.88. The van der Waals surface area contributed by atoms with Gasteiger partial charge >= 0.3 is 0 Å². The summed E-state index contributed by atoms with van der Waals surface area (Å²) in [6.45, 7) is 8.80. The van der Waals surface area contributed by atoms with Crippen LogP contribution in [0.3, 0.4) is 0 Å². The van der Waals surface area contributed by atoms with E-state index in [2.05, 4.69) is 39.8 Å². The topological polar surface area (TPSA) is 0 Å². The maximum absolute atomic E-state index is 2.33. The number of rotatable bonds is 2. The molecule has 12 heavy (non-hydrogen) atoms. The van der Waals surface area contributed by atoms with Crippen LogP contribution in [0.5, 0.6) is 0 Å². The van der Waals surface area contributed by atoms with Gasteiger partial charge in [-0.15, -0.1) is 0 Å². The van der Waals surface area contributed by atoms with Gasteiger partial charge in [0.2, 0.25) is 0 Å². The predicted molar refractivity (Wildman–Crippen MR) is 54.6 cm³/mol. The Kier molecular flexibility index (Phi) is 2.91. The van der Waals surface area contributed by atoms with Crippen LogP contribution in [-0.2, 0) is 6.42 Å². The Bertz CT molecular complexity index is 272. The molecule has 0 N–H and O–H groups in total. The smallest absolute Gasteiger partial charge is 0.0279 e. The first kappa shape index (κ1) is 9.31. The van der Waals surface area contributed by atoms with Gasteiger partial charge in [0.15, 0.2) is 0 Å². The fraction of sp³-hybridized carbons (Fsp3) is 0.500. The van der Waals surface area contributed by atoms with Gasteiger partial charge in [-0.25, -0.2) is 0 Å². The van der Waals surface area contributed by atoms with Crippen LogP contribution in [0.15, 0.2) is 12.1 Å². The second-order valence-corrected chi connectivity index (χ2v) is 3.61. The van der Waals surface area contributed by atoms with Gasteiger partial charge in [-0.3, -0.25) is 0 Å². The first-order valence-corrected chi connectivity index (χ1v) is 4.72. The fourth-order valence-corrected chi connectivity index (χ4v) is 1.56. The SMILES string of the molecule is CCCc1cc(C)c(C)cc1C. The van der Waals surface area contributed by atoms with E-state index in [-0.39, 0.29) is 0 Å². The average Bonchev–Trinajstić information content (AvgIpc) is 2.01. The summed E-state index contributed by atoms with van der Waals surface area (Å²) < 4.78 is 0. The Morgan fingerprint density at radius 1 is 0.917 bits per heavy atom. The largest absolute Gasteiger partial charge is 0.0651 e. The van der Waals surface area contributed by atoms with Crippen LogP contribution in [0.25, 0.3) is 0 Å². The molecule has 0 saturated heterocycles. The minimum Gasteiger partial charge on any atom is -0.0651 e. The van der Waals surface area contributed by atoms with Crippen molar-refractivity contribution in [1.29, 1.82) is 0 Å². The van der Waals surface area contributed by atoms with Crippen molar-refractivity contribution >= 4 is 0 Å². The molecule has 0 aliphatic carbocycles. The maximum Gasteiger partial charge on any atom is -0.0279 e. The molecular weight excluding hydrogens is 144 g/mol. The lowest BCUT2D eigenvalue weighted by Gasteiger charge is -2.08. The molecule has 66 valence electrons. The molecule has 0 spiro atoms. The van der Waals surface area contributed by atoms with Crippen molar-refractivity contribution in [2.24, 2.45) is 0 Å². The molecule has 0 heteroatoms. The molecule has 1 rings (SSSR count). The van der Waals surface area contributed by atoms with Gasteiger partial charge in [0.05, 0.1) is 0 Å². The Morgan fingerprint density at radius 3 is 2.08 bits per heavy atom. The third-order valence-electron chi connectivity index (χ3n) is 2.47. The molecule has 0 aliphatic rings. The molecule has 0 aliphatic heterocycles. The Balaban J connectivity index is 3.05. The Labute approximate surface area is 75.6 Å². The van der Waals surface area contributed by atoms with Gasteiger partial charge in [0.1, 0.15) is 0 Å². The highest BCUT2D eigenvalue weighted by molar-refractivity contribution is 5.36. The summed E-state index contributed by atoms with van der Waals surface area (Å²) in [6, 6.07) is 4.62. The van der Waals surface area contributed by atoms with Crippen LogP contribution in [0, 0.1) is 20.8 Å². The lowest BCUT2D eigenvalue weighted by atomic mass is 9.98. The van der Waals surface area contributed by atoms with Crippen molar-refractivity contribution in [1.82, 2.24) is 0 Å². The zero-order valence-corrected chi connectivity index (χ0v) is 8.57. The van der Waals surface area contributed by atoms with E-state index in [1.54, 1.807) is 0 Å². The molecule has 0 atom stereocenters. The van der Waals surface area contributed by atoms with Crippen LogP contribution in [-0.4, -0.2) is 0 Å². The molecule has 0 nitrogen and oxygen atoms in total. The molecule has 1 aromatic rings. The van der Waals surface area contributed by atoms with Crippen molar-refractivity contribution in [2.75, 3.05) is 0 Å². The van der Waals surface area contributed by atoms with Crippen LogP contribution >= 0.6 is 0 Å². The molecule has 0 fully saturated rings. The Morgan fingerprint density at radius 2 is 1.50 bits per heavy atom. The van der Waals surface area contributed by atoms with E-state index in [4.69, 9.17) is 0 Å². The minimum atomic E-state index is 1.22. The summed E-state index contributed by atoms with van der Waals surface area (Å²) in [6.07, 6.45) is 2.45. The molecule has 0 heterocycles. The fourth-order valence-electron chi connectivity index (χ4n) is 1.56. The molecule has 0 saturated carbocycles. The highest BCUT2D eigenvalue weighted by atomic mass is 14.1. The molecule has 0 aromatic heterocycles. The quantitative estimate of drug-likeness (QED) is 0.623. The maximum atomic E-state index is 2.33. The zero-order valence-electron chi connectivity index (χ0n) is 8.57. The van der Waals surface area contributed by atoms with E-state index in [9.17, 15) is 0 Å². The summed E-state index contributed by atoms with van der Waals surface area (Å²) in [5.41, 5.74) is 5.79. The number of aryl methyl sites for hydroxylation is 4. The first-order chi connectivity index (χ1) is 5.65. The summed E-state index contributed by atoms with van der Waals surface area (Å²) >= 11 is 0. The van der Waals surface area contributed by atoms with Crippen molar-refractivity contribution in [3.8, 4) is 0 Å². The number of benzene rings is 1. The Hall–Kier alpha value is -0.780. The highest BCUT2D eigenvalue weighted by Crippen LogP contribution is 2.16. The van der Waals surface area contributed by atoms with E-state index >= 15 is 0 Å². The first-order valence-electron chi connectivity index (χ1n) is 4.72. The predicted octanol–water partition coefficient (Wildman–Crippen LogP) is 3.56. The lowest BCUT2D eigenvalue weighted by molar-refractivity contribution is 0.909. The monoisotopic (exact) mass is 162 g/mol. The van der Waals surface area contributed by atoms with E-state index in [1.165, 1.54) is 35.1 Å². The molecule has 1 aromatic carbocycles. The van der Waals surface area contributed by atoms with Crippen molar-refractivity contribution < 1.29 is 0 Å². The van der Waals surface area contributed by atoms with Crippen molar-refractivity contribution in [3.05, 3.63) is 34.4 Å². The molecule has 0 bridgehead atoms.